The van der Waals surface area contributed by atoms with Gasteiger partial charge in [-0.2, -0.15) is 0 Å². The van der Waals surface area contributed by atoms with Crippen molar-refractivity contribution >= 4 is 57.7 Å². The number of ether oxygens (including phenoxy) is 1. The largest absolute Gasteiger partial charge is 0.444 e. The van der Waals surface area contributed by atoms with Crippen LogP contribution < -0.4 is 10.2 Å². The molecule has 0 spiro atoms. The van der Waals surface area contributed by atoms with Crippen LogP contribution in [0.1, 0.15) is 6.42 Å². The number of nitrogens with zero attached hydrogens (tertiary/aromatic N) is 1. The number of carbonyl (C=O) groups excluding carboxylic acids is 2. The second-order valence-electron chi connectivity index (χ2n) is 4.61. The monoisotopic (exact) mass is 404 g/mol. The molecule has 7 heteroatoms. The molecule has 0 aromatic heterocycles. The van der Waals surface area contributed by atoms with E-state index in [1.807, 2.05) is 18.2 Å². The van der Waals surface area contributed by atoms with Crippen LogP contribution in [-0.4, -0.2) is 34.8 Å². The number of hydrogen-bond acceptors (Lipinski definition) is 4. The Morgan fingerprint density at radius 3 is 3.10 bits per heavy atom. The SMILES string of the molecule is O=C1CSc2ccc(N3CC(CCI)OC3=O)cc2N1. The number of anilines is 2. The van der Waals surface area contributed by atoms with Gasteiger partial charge < -0.3 is 10.1 Å². The van der Waals surface area contributed by atoms with Gasteiger partial charge >= 0.3 is 6.09 Å². The van der Waals surface area contributed by atoms with E-state index in [2.05, 4.69) is 27.9 Å². The van der Waals surface area contributed by atoms with Crippen LogP contribution in [0.5, 0.6) is 0 Å². The van der Waals surface area contributed by atoms with Crippen molar-refractivity contribution in [2.75, 3.05) is 26.9 Å². The van der Waals surface area contributed by atoms with Crippen molar-refractivity contribution in [3.8, 4) is 0 Å². The summed E-state index contributed by atoms with van der Waals surface area (Å²) in [6.07, 6.45) is 0.509. The number of halogens is 1. The highest BCUT2D eigenvalue weighted by molar-refractivity contribution is 14.1. The first-order valence-electron chi connectivity index (χ1n) is 6.28. The van der Waals surface area contributed by atoms with Crippen molar-refractivity contribution in [1.82, 2.24) is 0 Å². The van der Waals surface area contributed by atoms with Gasteiger partial charge in [0.15, 0.2) is 0 Å². The number of alkyl halides is 1. The topological polar surface area (TPSA) is 58.6 Å². The molecule has 1 atom stereocenters. The fourth-order valence-electron chi connectivity index (χ4n) is 2.24. The number of thioether (sulfide) groups is 1. The van der Waals surface area contributed by atoms with E-state index in [1.165, 1.54) is 11.8 Å². The Morgan fingerprint density at radius 1 is 1.45 bits per heavy atom. The number of hydrogen-bond donors (Lipinski definition) is 1. The average Bonchev–Trinajstić information content (AvgIpc) is 2.79. The molecule has 2 aliphatic heterocycles. The molecule has 20 heavy (non-hydrogen) atoms. The maximum atomic E-state index is 11.9. The molecule has 2 aliphatic rings. The van der Waals surface area contributed by atoms with Crippen molar-refractivity contribution < 1.29 is 14.3 Å². The van der Waals surface area contributed by atoms with Crippen LogP contribution in [0.2, 0.25) is 0 Å². The number of nitrogens with one attached hydrogen (secondary N) is 1. The Kier molecular flexibility index (Phi) is 4.06. The van der Waals surface area contributed by atoms with E-state index in [9.17, 15) is 9.59 Å². The third-order valence-electron chi connectivity index (χ3n) is 3.21. The van der Waals surface area contributed by atoms with Gasteiger partial charge in [0.2, 0.25) is 5.91 Å². The van der Waals surface area contributed by atoms with Gasteiger partial charge in [0.25, 0.3) is 0 Å². The van der Waals surface area contributed by atoms with E-state index in [0.717, 1.165) is 27.1 Å². The molecule has 0 bridgehead atoms. The molecule has 5 nitrogen and oxygen atoms in total. The van der Waals surface area contributed by atoms with Crippen LogP contribution in [0.4, 0.5) is 16.2 Å². The predicted octanol–water partition coefficient (Wildman–Crippen LogP) is 2.88. The standard InChI is InChI=1S/C13H13IN2O3S/c14-4-3-9-6-16(13(18)19-9)8-1-2-11-10(5-8)15-12(17)7-20-11/h1-2,5,9H,3-4,6-7H2,(H,15,17). The Morgan fingerprint density at radius 2 is 2.30 bits per heavy atom. The molecule has 1 fully saturated rings. The lowest BCUT2D eigenvalue weighted by molar-refractivity contribution is -0.113. The Labute approximate surface area is 134 Å². The summed E-state index contributed by atoms with van der Waals surface area (Å²) in [4.78, 5) is 26.0. The van der Waals surface area contributed by atoms with Crippen molar-refractivity contribution in [1.29, 1.82) is 0 Å². The molecule has 1 aromatic carbocycles. The lowest BCUT2D eigenvalue weighted by atomic mass is 10.2. The van der Waals surface area contributed by atoms with Gasteiger partial charge in [-0.25, -0.2) is 4.79 Å². The van der Waals surface area contributed by atoms with E-state index >= 15 is 0 Å². The van der Waals surface area contributed by atoms with Gasteiger partial charge in [-0.1, -0.05) is 22.6 Å². The molecule has 106 valence electrons. The Bertz CT molecular complexity index is 567. The maximum absolute atomic E-state index is 11.9. The Balaban J connectivity index is 1.82. The van der Waals surface area contributed by atoms with Crippen molar-refractivity contribution in [3.05, 3.63) is 18.2 Å². The molecular weight excluding hydrogens is 391 g/mol. The minimum Gasteiger partial charge on any atom is -0.444 e. The Hall–Kier alpha value is -0.960. The van der Waals surface area contributed by atoms with E-state index in [0.29, 0.717) is 12.3 Å². The van der Waals surface area contributed by atoms with Crippen molar-refractivity contribution in [2.45, 2.75) is 17.4 Å². The normalized spacial score (nSPS) is 21.4. The predicted molar refractivity (Wildman–Crippen MR) is 86.9 cm³/mol. The lowest BCUT2D eigenvalue weighted by Gasteiger charge is -2.19. The van der Waals surface area contributed by atoms with Crippen LogP contribution in [0.15, 0.2) is 23.1 Å². The van der Waals surface area contributed by atoms with E-state index in [-0.39, 0.29) is 18.1 Å². The summed E-state index contributed by atoms with van der Waals surface area (Å²) in [7, 11) is 0. The summed E-state index contributed by atoms with van der Waals surface area (Å²) in [5.74, 6) is 0.432. The summed E-state index contributed by atoms with van der Waals surface area (Å²) >= 11 is 3.79. The first-order chi connectivity index (χ1) is 9.67. The summed E-state index contributed by atoms with van der Waals surface area (Å²) < 4.78 is 6.28. The van der Waals surface area contributed by atoms with E-state index in [4.69, 9.17) is 4.74 Å². The van der Waals surface area contributed by atoms with Crippen LogP contribution in [-0.2, 0) is 9.53 Å². The molecule has 0 aliphatic carbocycles. The first kappa shape index (κ1) is 14.0. The quantitative estimate of drug-likeness (QED) is 0.622. The number of carbonyl (C=O) groups is 2. The zero-order valence-electron chi connectivity index (χ0n) is 10.6. The zero-order chi connectivity index (χ0) is 14.1. The van der Waals surface area contributed by atoms with Gasteiger partial charge in [0, 0.05) is 15.0 Å². The van der Waals surface area contributed by atoms with Gasteiger partial charge in [-0.15, -0.1) is 11.8 Å². The highest BCUT2D eigenvalue weighted by atomic mass is 127. The number of cyclic esters (lactones) is 1. The average molecular weight is 404 g/mol. The van der Waals surface area contributed by atoms with Gasteiger partial charge in [0.05, 0.1) is 18.0 Å². The van der Waals surface area contributed by atoms with Crippen molar-refractivity contribution in [2.24, 2.45) is 0 Å². The highest BCUT2D eigenvalue weighted by Crippen LogP contribution is 2.35. The molecule has 2 amide bonds. The molecule has 1 N–H and O–H groups in total. The van der Waals surface area contributed by atoms with Gasteiger partial charge in [-0.05, 0) is 24.6 Å². The third-order valence-corrected chi connectivity index (χ3v) is 4.91. The van der Waals surface area contributed by atoms with Crippen molar-refractivity contribution in [3.63, 3.8) is 0 Å². The van der Waals surface area contributed by atoms with E-state index in [1.54, 1.807) is 4.90 Å². The minimum absolute atomic E-state index is 0.00793. The second-order valence-corrected chi connectivity index (χ2v) is 6.71. The smallest absolute Gasteiger partial charge is 0.414 e. The summed E-state index contributed by atoms with van der Waals surface area (Å²) in [5, 5.41) is 2.84. The molecule has 3 rings (SSSR count). The minimum atomic E-state index is -0.311. The first-order valence-corrected chi connectivity index (χ1v) is 8.79. The van der Waals surface area contributed by atoms with Gasteiger partial charge in [-0.3, -0.25) is 9.69 Å². The third kappa shape index (κ3) is 2.73. The van der Waals surface area contributed by atoms with E-state index < -0.39 is 0 Å². The molecule has 2 heterocycles. The zero-order valence-corrected chi connectivity index (χ0v) is 13.6. The van der Waals surface area contributed by atoms with Crippen LogP contribution in [0.25, 0.3) is 0 Å². The van der Waals surface area contributed by atoms with Gasteiger partial charge in [0.1, 0.15) is 6.10 Å². The molecule has 0 saturated carbocycles. The van der Waals surface area contributed by atoms with Crippen LogP contribution in [0, 0.1) is 0 Å². The molecule has 1 aromatic rings. The molecule has 1 saturated heterocycles. The second kappa shape index (κ2) is 5.80. The summed E-state index contributed by atoms with van der Waals surface area (Å²) in [5.41, 5.74) is 1.54. The number of amides is 2. The molecule has 0 radical (unpaired) electrons. The van der Waals surface area contributed by atoms with Crippen LogP contribution in [0.3, 0.4) is 0 Å². The fraction of sp³-hybridized carbons (Fsp3) is 0.385. The maximum Gasteiger partial charge on any atom is 0.414 e. The molecular formula is C13H13IN2O3S. The highest BCUT2D eigenvalue weighted by Gasteiger charge is 2.32. The number of fused-ring (bicyclic) bond motifs is 1. The number of benzene rings is 1. The summed E-state index contributed by atoms with van der Waals surface area (Å²) in [6, 6.07) is 5.68. The lowest BCUT2D eigenvalue weighted by Crippen LogP contribution is -2.25. The number of rotatable bonds is 3. The van der Waals surface area contributed by atoms with Crippen LogP contribution >= 0.6 is 34.4 Å². The summed E-state index contributed by atoms with van der Waals surface area (Å²) in [6.45, 7) is 0.571. The fourth-order valence-corrected chi connectivity index (χ4v) is 3.73. The molecule has 1 unspecified atom stereocenters.